The van der Waals surface area contributed by atoms with Gasteiger partial charge in [-0.3, -0.25) is 9.71 Å². The number of nitrogens with zero attached hydrogens (tertiary/aromatic N) is 3. The van der Waals surface area contributed by atoms with Crippen LogP contribution in [-0.2, 0) is 0 Å². The molecule has 0 aromatic carbocycles. The van der Waals surface area contributed by atoms with Crippen molar-refractivity contribution in [2.45, 2.75) is 30.6 Å². The van der Waals surface area contributed by atoms with Crippen LogP contribution >= 0.6 is 23.3 Å². The van der Waals surface area contributed by atoms with Crippen LogP contribution in [0.1, 0.15) is 24.3 Å². The third-order valence-corrected chi connectivity index (χ3v) is 6.49. The van der Waals surface area contributed by atoms with Crippen LogP contribution < -0.4 is 10.0 Å². The van der Waals surface area contributed by atoms with Crippen LogP contribution in [0.5, 0.6) is 0 Å². The molecule has 3 aliphatic rings. The quantitative estimate of drug-likeness (QED) is 0.505. The van der Waals surface area contributed by atoms with Gasteiger partial charge in [-0.25, -0.2) is 4.98 Å². The zero-order chi connectivity index (χ0) is 17.2. The Labute approximate surface area is 156 Å². The van der Waals surface area contributed by atoms with Crippen LogP contribution in [0.2, 0.25) is 0 Å². The average Bonchev–Trinajstić information content (AvgIpc) is 3.11. The summed E-state index contributed by atoms with van der Waals surface area (Å²) in [5.41, 5.74) is 2.78. The number of hydrogen-bond acceptors (Lipinski definition) is 8. The summed E-state index contributed by atoms with van der Waals surface area (Å²) in [4.78, 5) is 11.5. The van der Waals surface area contributed by atoms with Crippen molar-refractivity contribution in [3.63, 3.8) is 0 Å². The molecule has 1 aromatic heterocycles. The number of aliphatic imine (C=N–C) groups is 1. The molecular formula is C17H22N6S2. The zero-order valence-corrected chi connectivity index (χ0v) is 15.8. The Hall–Kier alpha value is -1.64. The molecule has 3 N–H and O–H groups in total. The number of allylic oxidation sites excluding steroid dienone is 1. The second-order valence-corrected chi connectivity index (χ2v) is 8.42. The average molecular weight is 375 g/mol. The molecule has 0 radical (unpaired) electrons. The lowest BCUT2D eigenvalue weighted by Gasteiger charge is -2.27. The van der Waals surface area contributed by atoms with Gasteiger partial charge in [0, 0.05) is 54.2 Å². The van der Waals surface area contributed by atoms with E-state index in [1.165, 1.54) is 18.5 Å². The standard InChI is InChI=1S/C17H22N6S2/c1-19-5-4-14(18)13-9-21-16(17-20-6-7-24-17)23-10-11(8-15(13)23)22-25-12-2-3-12/h4-7,11-12,18-19,22H,2-3,8-10H2,1H3/b5-4-,18-14?. The predicted octanol–water partition coefficient (Wildman–Crippen LogP) is 2.38. The monoisotopic (exact) mass is 374 g/mol. The van der Waals surface area contributed by atoms with Crippen LogP contribution in [0.25, 0.3) is 0 Å². The summed E-state index contributed by atoms with van der Waals surface area (Å²) in [6.45, 7) is 1.44. The van der Waals surface area contributed by atoms with Gasteiger partial charge in [0.25, 0.3) is 0 Å². The van der Waals surface area contributed by atoms with Gasteiger partial charge in [-0.1, -0.05) is 11.9 Å². The number of thiazole rings is 1. The zero-order valence-electron chi connectivity index (χ0n) is 14.2. The molecule has 0 amide bonds. The maximum Gasteiger partial charge on any atom is 0.165 e. The molecule has 0 spiro atoms. The first-order chi connectivity index (χ1) is 12.3. The molecule has 3 heterocycles. The first-order valence-corrected chi connectivity index (χ1v) is 10.3. The number of hydrogen-bond donors (Lipinski definition) is 3. The smallest absolute Gasteiger partial charge is 0.165 e. The molecule has 8 heteroatoms. The van der Waals surface area contributed by atoms with Crippen molar-refractivity contribution >= 4 is 34.8 Å². The molecule has 1 saturated heterocycles. The molecule has 1 unspecified atom stereocenters. The Balaban J connectivity index is 1.58. The summed E-state index contributed by atoms with van der Waals surface area (Å²) in [6, 6.07) is 0.389. The topological polar surface area (TPSA) is 76.4 Å². The van der Waals surface area contributed by atoms with Crippen LogP contribution in [0, 0.1) is 5.41 Å². The minimum atomic E-state index is 0.389. The lowest BCUT2D eigenvalue weighted by atomic mass is 10.0. The summed E-state index contributed by atoms with van der Waals surface area (Å²) in [5.74, 6) is 0.958. The number of nitrogens with one attached hydrogen (secondary N) is 3. The predicted molar refractivity (Wildman–Crippen MR) is 105 cm³/mol. The number of rotatable bonds is 7. The maximum absolute atomic E-state index is 8.41. The third kappa shape index (κ3) is 3.65. The van der Waals surface area contributed by atoms with Gasteiger partial charge in [-0.15, -0.1) is 11.3 Å². The van der Waals surface area contributed by atoms with Crippen molar-refractivity contribution in [2.75, 3.05) is 20.1 Å². The summed E-state index contributed by atoms with van der Waals surface area (Å²) < 4.78 is 3.64. The highest BCUT2D eigenvalue weighted by molar-refractivity contribution is 7.98. The van der Waals surface area contributed by atoms with Crippen LogP contribution in [-0.4, -0.2) is 52.9 Å². The van der Waals surface area contributed by atoms with E-state index in [9.17, 15) is 0 Å². The van der Waals surface area contributed by atoms with Crippen molar-refractivity contribution in [1.82, 2.24) is 19.9 Å². The van der Waals surface area contributed by atoms with E-state index in [0.29, 0.717) is 18.3 Å². The molecule has 2 fully saturated rings. The molecule has 1 atom stereocenters. The van der Waals surface area contributed by atoms with Gasteiger partial charge in [-0.2, -0.15) is 0 Å². The molecule has 6 nitrogen and oxygen atoms in total. The van der Waals surface area contributed by atoms with Gasteiger partial charge in [0.05, 0.1) is 12.3 Å². The van der Waals surface area contributed by atoms with Gasteiger partial charge < -0.3 is 15.6 Å². The van der Waals surface area contributed by atoms with E-state index in [-0.39, 0.29) is 0 Å². The molecular weight excluding hydrogens is 352 g/mol. The van der Waals surface area contributed by atoms with E-state index >= 15 is 0 Å². The van der Waals surface area contributed by atoms with Crippen molar-refractivity contribution in [3.05, 3.63) is 40.1 Å². The Kier molecular flexibility index (Phi) is 4.91. The van der Waals surface area contributed by atoms with Gasteiger partial charge in [0.15, 0.2) is 10.8 Å². The van der Waals surface area contributed by atoms with Gasteiger partial charge in [0.2, 0.25) is 0 Å². The van der Waals surface area contributed by atoms with Crippen LogP contribution in [0.3, 0.4) is 0 Å². The highest BCUT2D eigenvalue weighted by Gasteiger charge is 2.36. The van der Waals surface area contributed by atoms with Gasteiger partial charge in [0.1, 0.15) is 0 Å². The molecule has 0 bridgehead atoms. The minimum Gasteiger partial charge on any atom is -0.394 e. The largest absolute Gasteiger partial charge is 0.394 e. The summed E-state index contributed by atoms with van der Waals surface area (Å²) in [7, 11) is 1.85. The molecule has 25 heavy (non-hydrogen) atoms. The van der Waals surface area contributed by atoms with Crippen molar-refractivity contribution in [3.8, 4) is 0 Å². The number of amidine groups is 1. The fourth-order valence-electron chi connectivity index (χ4n) is 3.05. The molecule has 1 aromatic rings. The second-order valence-electron chi connectivity index (χ2n) is 6.38. The van der Waals surface area contributed by atoms with E-state index in [2.05, 4.69) is 19.9 Å². The highest BCUT2D eigenvalue weighted by atomic mass is 32.2. The molecule has 132 valence electrons. The molecule has 2 aliphatic heterocycles. The highest BCUT2D eigenvalue weighted by Crippen LogP contribution is 2.36. The second kappa shape index (κ2) is 7.31. The molecule has 4 rings (SSSR count). The summed E-state index contributed by atoms with van der Waals surface area (Å²) >= 11 is 3.50. The Morgan fingerprint density at radius 3 is 3.08 bits per heavy atom. The number of aromatic nitrogens is 1. The fraction of sp³-hybridized carbons (Fsp3) is 0.471. The Bertz CT molecular complexity index is 732. The lowest BCUT2D eigenvalue weighted by molar-refractivity contribution is 0.540. The van der Waals surface area contributed by atoms with Crippen LogP contribution in [0.4, 0.5) is 0 Å². The fourth-order valence-corrected chi connectivity index (χ4v) is 4.62. The SMILES string of the molecule is CN/C=C\C(=N)C1=C2CC(NSC3CC3)CN2C(c2nccs2)=NC1. The van der Waals surface area contributed by atoms with Crippen molar-refractivity contribution < 1.29 is 0 Å². The summed E-state index contributed by atoms with van der Waals surface area (Å²) in [5, 5.41) is 15.1. The maximum atomic E-state index is 8.41. The number of fused-ring (bicyclic) bond motifs is 1. The molecule has 1 saturated carbocycles. The minimum absolute atomic E-state index is 0.389. The van der Waals surface area contributed by atoms with Gasteiger partial charge in [-0.05, 0) is 25.1 Å². The first kappa shape index (κ1) is 16.8. The van der Waals surface area contributed by atoms with E-state index in [1.54, 1.807) is 17.5 Å². The molecule has 1 aliphatic carbocycles. The van der Waals surface area contributed by atoms with E-state index in [1.807, 2.05) is 36.6 Å². The Morgan fingerprint density at radius 2 is 2.36 bits per heavy atom. The van der Waals surface area contributed by atoms with Crippen molar-refractivity contribution in [2.24, 2.45) is 4.99 Å². The van der Waals surface area contributed by atoms with Crippen LogP contribution in [0.15, 0.2) is 40.1 Å². The third-order valence-electron chi connectivity index (χ3n) is 4.45. The summed E-state index contributed by atoms with van der Waals surface area (Å²) in [6.07, 6.45) is 9.03. The van der Waals surface area contributed by atoms with Crippen molar-refractivity contribution in [1.29, 1.82) is 5.41 Å². The van der Waals surface area contributed by atoms with E-state index < -0.39 is 0 Å². The first-order valence-electron chi connectivity index (χ1n) is 8.54. The Morgan fingerprint density at radius 1 is 1.48 bits per heavy atom. The van der Waals surface area contributed by atoms with Gasteiger partial charge >= 0.3 is 0 Å². The van der Waals surface area contributed by atoms with E-state index in [0.717, 1.165) is 34.6 Å². The van der Waals surface area contributed by atoms with E-state index in [4.69, 9.17) is 10.4 Å². The normalized spacial score (nSPS) is 23.2. The lowest BCUT2D eigenvalue weighted by Crippen LogP contribution is -2.35.